The molecule has 3 nitrogen and oxygen atoms in total. The Morgan fingerprint density at radius 3 is 2.02 bits per heavy atom. The van der Waals surface area contributed by atoms with Crippen LogP contribution in [0.3, 0.4) is 0 Å². The third-order valence-electron chi connectivity index (χ3n) is 11.1. The van der Waals surface area contributed by atoms with Gasteiger partial charge in [0.25, 0.3) is 0 Å². The highest BCUT2D eigenvalue weighted by Gasteiger charge is 2.48. The number of imidazole rings is 1. The van der Waals surface area contributed by atoms with E-state index in [1.165, 1.54) is 22.3 Å². The first-order chi connectivity index (χ1) is 26.3. The molecule has 1 aliphatic carbocycles. The van der Waals surface area contributed by atoms with Crippen molar-refractivity contribution in [3.8, 4) is 39.7 Å². The maximum absolute atomic E-state index is 6.91. The number of rotatable bonds is 3. The van der Waals surface area contributed by atoms with Crippen LogP contribution >= 0.6 is 0 Å². The lowest BCUT2D eigenvalue weighted by Crippen LogP contribution is -2.35. The molecular formula is C50H32N2O. The lowest BCUT2D eigenvalue weighted by molar-refractivity contribution is 0.439. The minimum Gasteiger partial charge on any atom is -0.456 e. The van der Waals surface area contributed by atoms with Crippen molar-refractivity contribution in [1.29, 1.82) is 0 Å². The van der Waals surface area contributed by atoms with Crippen LogP contribution in [-0.2, 0) is 5.41 Å². The van der Waals surface area contributed by atoms with Gasteiger partial charge in [-0.3, -0.25) is 4.57 Å². The highest BCUT2D eigenvalue weighted by atomic mass is 16.5. The number of para-hydroxylation sites is 2. The van der Waals surface area contributed by atoms with Crippen molar-refractivity contribution in [2.75, 3.05) is 0 Å². The van der Waals surface area contributed by atoms with Crippen LogP contribution in [0.5, 0.6) is 11.5 Å². The van der Waals surface area contributed by atoms with E-state index in [9.17, 15) is 0 Å². The molecule has 1 atom stereocenters. The fourth-order valence-corrected chi connectivity index (χ4v) is 8.74. The first kappa shape index (κ1) is 29.7. The molecule has 53 heavy (non-hydrogen) atoms. The summed E-state index contributed by atoms with van der Waals surface area (Å²) in [5, 5.41) is 2.27. The molecule has 0 amide bonds. The third-order valence-corrected chi connectivity index (χ3v) is 11.1. The van der Waals surface area contributed by atoms with Crippen molar-refractivity contribution in [2.24, 2.45) is 0 Å². The summed E-state index contributed by atoms with van der Waals surface area (Å²) in [6.07, 6.45) is 4.55. The lowest BCUT2D eigenvalue weighted by atomic mass is 9.61. The predicted molar refractivity (Wildman–Crippen MR) is 217 cm³/mol. The Kier molecular flexibility index (Phi) is 6.47. The largest absolute Gasteiger partial charge is 0.456 e. The zero-order valence-corrected chi connectivity index (χ0v) is 28.8. The molecule has 3 heteroatoms. The van der Waals surface area contributed by atoms with Crippen LogP contribution in [0.1, 0.15) is 33.4 Å². The van der Waals surface area contributed by atoms with Crippen LogP contribution in [0.4, 0.5) is 0 Å². The summed E-state index contributed by atoms with van der Waals surface area (Å²) >= 11 is 0. The van der Waals surface area contributed by atoms with Crippen molar-refractivity contribution in [3.05, 3.63) is 215 Å². The topological polar surface area (TPSA) is 27.1 Å². The van der Waals surface area contributed by atoms with Gasteiger partial charge in [0.1, 0.15) is 17.3 Å². The SMILES string of the molecule is C1=Cc2ccc(-c3ccc4c(c3)nc(-c3ccccc3)n4-c3ccccc3)cc2C2(c3ccccc31)c1ccccc1Oc1c2ccc2ccccc12. The van der Waals surface area contributed by atoms with Crippen LogP contribution in [0.25, 0.3) is 62.2 Å². The molecular weight excluding hydrogens is 645 g/mol. The average molecular weight is 677 g/mol. The van der Waals surface area contributed by atoms with Crippen molar-refractivity contribution in [2.45, 2.75) is 5.41 Å². The predicted octanol–water partition coefficient (Wildman–Crippen LogP) is 12.5. The molecule has 9 aromatic rings. The van der Waals surface area contributed by atoms with E-state index in [0.29, 0.717) is 0 Å². The number of nitrogens with zero attached hydrogens (tertiary/aromatic N) is 2. The van der Waals surface area contributed by atoms with Gasteiger partial charge in [-0.2, -0.15) is 0 Å². The Bertz CT molecular complexity index is 2920. The second kappa shape index (κ2) is 11.5. The molecule has 8 aromatic carbocycles. The van der Waals surface area contributed by atoms with Gasteiger partial charge in [0.15, 0.2) is 0 Å². The smallest absolute Gasteiger partial charge is 0.145 e. The van der Waals surface area contributed by atoms with E-state index in [4.69, 9.17) is 9.72 Å². The van der Waals surface area contributed by atoms with Gasteiger partial charge in [-0.25, -0.2) is 4.98 Å². The van der Waals surface area contributed by atoms with Gasteiger partial charge in [-0.05, 0) is 75.2 Å². The third kappa shape index (κ3) is 4.38. The first-order valence-electron chi connectivity index (χ1n) is 18.1. The monoisotopic (exact) mass is 676 g/mol. The standard InChI is InChI=1S/C50H32N2O/c1-3-15-36(16-4-1)49-51-45-32-38(28-30-46(45)52(49)39-17-5-2-6-18-39)37-26-25-35-24-23-34-14-8-10-20-41(34)50(44(35)31-37)42-21-11-12-22-47(42)53-48-40-19-9-7-13-33(40)27-29-43(48)50/h1-32H. The molecule has 0 bridgehead atoms. The molecule has 0 saturated carbocycles. The highest BCUT2D eigenvalue weighted by molar-refractivity contribution is 5.95. The maximum atomic E-state index is 6.91. The van der Waals surface area contributed by atoms with E-state index in [-0.39, 0.29) is 0 Å². The van der Waals surface area contributed by atoms with Gasteiger partial charge in [0.05, 0.1) is 16.4 Å². The fraction of sp³-hybridized carbons (Fsp3) is 0.0200. The highest BCUT2D eigenvalue weighted by Crippen LogP contribution is 2.59. The van der Waals surface area contributed by atoms with Crippen molar-refractivity contribution in [1.82, 2.24) is 9.55 Å². The molecule has 1 unspecified atom stereocenters. The minimum absolute atomic E-state index is 0.640. The quantitative estimate of drug-likeness (QED) is 0.186. The van der Waals surface area contributed by atoms with E-state index in [1.54, 1.807) is 0 Å². The summed E-state index contributed by atoms with van der Waals surface area (Å²) in [5.74, 6) is 2.72. The number of hydrogen-bond acceptors (Lipinski definition) is 2. The van der Waals surface area contributed by atoms with Crippen LogP contribution < -0.4 is 4.74 Å². The van der Waals surface area contributed by atoms with Crippen LogP contribution in [0, 0.1) is 0 Å². The fourth-order valence-electron chi connectivity index (χ4n) is 8.74. The zero-order valence-electron chi connectivity index (χ0n) is 28.8. The minimum atomic E-state index is -0.640. The van der Waals surface area contributed by atoms with Gasteiger partial charge in [0, 0.05) is 27.8 Å². The van der Waals surface area contributed by atoms with Gasteiger partial charge in [0.2, 0.25) is 0 Å². The summed E-state index contributed by atoms with van der Waals surface area (Å²) in [6, 6.07) is 65.1. The second-order valence-electron chi connectivity index (χ2n) is 13.9. The number of benzene rings is 8. The summed E-state index contributed by atoms with van der Waals surface area (Å²) in [6.45, 7) is 0. The van der Waals surface area contributed by atoms with E-state index >= 15 is 0 Å². The number of hydrogen-bond donors (Lipinski definition) is 0. The molecule has 1 aromatic heterocycles. The van der Waals surface area contributed by atoms with E-state index in [1.807, 2.05) is 6.07 Å². The molecule has 1 aliphatic heterocycles. The van der Waals surface area contributed by atoms with Gasteiger partial charge in [-0.15, -0.1) is 0 Å². The summed E-state index contributed by atoms with van der Waals surface area (Å²) in [7, 11) is 0. The molecule has 0 radical (unpaired) electrons. The summed E-state index contributed by atoms with van der Waals surface area (Å²) < 4.78 is 9.17. The number of fused-ring (bicyclic) bond motifs is 11. The maximum Gasteiger partial charge on any atom is 0.145 e. The van der Waals surface area contributed by atoms with E-state index in [2.05, 4.69) is 193 Å². The molecule has 1 spiro atoms. The van der Waals surface area contributed by atoms with Crippen molar-refractivity contribution >= 4 is 34.0 Å². The normalized spacial score (nSPS) is 15.3. The Balaban J connectivity index is 1.18. The van der Waals surface area contributed by atoms with Crippen molar-refractivity contribution in [3.63, 3.8) is 0 Å². The van der Waals surface area contributed by atoms with Crippen molar-refractivity contribution < 1.29 is 4.74 Å². The molecule has 0 saturated heterocycles. The van der Waals surface area contributed by atoms with E-state index in [0.717, 1.165) is 72.6 Å². The molecule has 11 rings (SSSR count). The number of aromatic nitrogens is 2. The molecule has 0 N–H and O–H groups in total. The van der Waals surface area contributed by atoms with Crippen LogP contribution in [-0.4, -0.2) is 9.55 Å². The van der Waals surface area contributed by atoms with Crippen LogP contribution in [0.15, 0.2) is 182 Å². The molecule has 0 fully saturated rings. The summed E-state index contributed by atoms with van der Waals surface area (Å²) in [5.41, 5.74) is 12.9. The summed E-state index contributed by atoms with van der Waals surface area (Å²) in [4.78, 5) is 5.28. The van der Waals surface area contributed by atoms with Gasteiger partial charge < -0.3 is 4.74 Å². The Morgan fingerprint density at radius 1 is 0.472 bits per heavy atom. The first-order valence-corrected chi connectivity index (χ1v) is 18.1. The Morgan fingerprint density at radius 2 is 1.15 bits per heavy atom. The molecule has 2 heterocycles. The molecule has 2 aliphatic rings. The van der Waals surface area contributed by atoms with E-state index < -0.39 is 5.41 Å². The Labute approximate surface area is 307 Å². The second-order valence-corrected chi connectivity index (χ2v) is 13.9. The average Bonchev–Trinajstić information content (AvgIpc) is 3.55. The molecule has 248 valence electrons. The zero-order chi connectivity index (χ0) is 34.9. The van der Waals surface area contributed by atoms with Gasteiger partial charge in [-0.1, -0.05) is 158 Å². The lowest BCUT2D eigenvalue weighted by Gasteiger charge is -2.43. The Hall–Kier alpha value is -6.97. The number of ether oxygens (including phenoxy) is 1. The van der Waals surface area contributed by atoms with Gasteiger partial charge >= 0.3 is 0 Å². The van der Waals surface area contributed by atoms with Crippen LogP contribution in [0.2, 0.25) is 0 Å².